The van der Waals surface area contributed by atoms with Gasteiger partial charge in [-0.25, -0.2) is 8.42 Å². The van der Waals surface area contributed by atoms with Crippen LogP contribution >= 0.6 is 11.6 Å². The molecule has 0 radical (unpaired) electrons. The van der Waals surface area contributed by atoms with Crippen LogP contribution in [-0.2, 0) is 16.6 Å². The highest BCUT2D eigenvalue weighted by Crippen LogP contribution is 2.39. The van der Waals surface area contributed by atoms with E-state index in [1.165, 1.54) is 4.31 Å². The third-order valence-corrected chi connectivity index (χ3v) is 7.29. The Kier molecular flexibility index (Phi) is 6.24. The first kappa shape index (κ1) is 22.3. The molecule has 0 aliphatic carbocycles. The molecule has 1 aliphatic rings. The largest absolute Gasteiger partial charge is 0.364 e. The number of benzene rings is 3. The summed E-state index contributed by atoms with van der Waals surface area (Å²) < 4.78 is 28.5. The Morgan fingerprint density at radius 1 is 1.06 bits per heavy atom. The molecule has 0 saturated heterocycles. The monoisotopic (exact) mass is 469 g/mol. The van der Waals surface area contributed by atoms with Gasteiger partial charge >= 0.3 is 0 Å². The number of amides is 1. The fourth-order valence-corrected chi connectivity index (χ4v) is 5.59. The molecule has 1 heterocycles. The summed E-state index contributed by atoms with van der Waals surface area (Å²) in [6.07, 6.45) is -0.643. The van der Waals surface area contributed by atoms with E-state index in [1.807, 2.05) is 19.9 Å². The summed E-state index contributed by atoms with van der Waals surface area (Å²) in [4.78, 5) is 12.5. The van der Waals surface area contributed by atoms with Gasteiger partial charge < -0.3 is 10.6 Å². The minimum Gasteiger partial charge on any atom is -0.364 e. The summed E-state index contributed by atoms with van der Waals surface area (Å²) in [6.45, 7) is 3.94. The van der Waals surface area contributed by atoms with Crippen molar-refractivity contribution in [2.24, 2.45) is 0 Å². The number of carbonyl (C=O) groups is 1. The summed E-state index contributed by atoms with van der Waals surface area (Å²) in [5.74, 6) is -0.170. The van der Waals surface area contributed by atoms with E-state index in [9.17, 15) is 13.2 Å². The Morgan fingerprint density at radius 2 is 1.78 bits per heavy atom. The lowest BCUT2D eigenvalue weighted by molar-refractivity contribution is 0.0943. The number of nitrogens with zero attached hydrogens (tertiary/aromatic N) is 1. The molecule has 0 spiro atoms. The minimum absolute atomic E-state index is 0.0250. The predicted octanol–water partition coefficient (Wildman–Crippen LogP) is 4.79. The van der Waals surface area contributed by atoms with E-state index in [2.05, 4.69) is 10.6 Å². The molecule has 32 heavy (non-hydrogen) atoms. The minimum atomic E-state index is -3.79. The molecular weight excluding hydrogens is 446 g/mol. The highest BCUT2D eigenvalue weighted by molar-refractivity contribution is 7.89. The second-order valence-corrected chi connectivity index (χ2v) is 10.3. The Balaban J connectivity index is 1.73. The zero-order valence-corrected chi connectivity index (χ0v) is 19.3. The average Bonchev–Trinajstić information content (AvgIpc) is 2.75. The summed E-state index contributed by atoms with van der Waals surface area (Å²) in [5, 5.41) is 6.75. The summed E-state index contributed by atoms with van der Waals surface area (Å²) in [6, 6.07) is 21.0. The van der Waals surface area contributed by atoms with E-state index >= 15 is 0 Å². The standard InChI is InChI=1S/C24H24ClN3O3S/c1-16(2)26-24(29)19-12-10-18(11-13-19)23-27-21-8-3-4-9-22(21)32(30,31)28(23)15-17-6-5-7-20(25)14-17/h3-14,16,23,27H,15H2,1-2H3,(H,26,29)/t23-/m0/s1. The zero-order valence-electron chi connectivity index (χ0n) is 17.7. The Labute approximate surface area is 193 Å². The topological polar surface area (TPSA) is 78.5 Å². The lowest BCUT2D eigenvalue weighted by atomic mass is 10.1. The van der Waals surface area contributed by atoms with Crippen LogP contribution in [0.5, 0.6) is 0 Å². The van der Waals surface area contributed by atoms with Crippen LogP contribution in [0.4, 0.5) is 5.69 Å². The maximum atomic E-state index is 13.6. The Hall–Kier alpha value is -2.87. The van der Waals surface area contributed by atoms with Crippen molar-refractivity contribution in [3.05, 3.63) is 94.5 Å². The van der Waals surface area contributed by atoms with Gasteiger partial charge in [0.25, 0.3) is 5.91 Å². The molecule has 3 aromatic carbocycles. The highest BCUT2D eigenvalue weighted by Gasteiger charge is 2.38. The summed E-state index contributed by atoms with van der Waals surface area (Å²) in [5.41, 5.74) is 2.57. The molecule has 8 heteroatoms. The summed E-state index contributed by atoms with van der Waals surface area (Å²) >= 11 is 6.13. The maximum absolute atomic E-state index is 13.6. The van der Waals surface area contributed by atoms with E-state index in [1.54, 1.807) is 66.7 Å². The number of hydrogen-bond acceptors (Lipinski definition) is 4. The summed E-state index contributed by atoms with van der Waals surface area (Å²) in [7, 11) is -3.79. The molecule has 4 rings (SSSR count). The number of carbonyl (C=O) groups excluding carboxylic acids is 1. The molecule has 2 N–H and O–H groups in total. The van der Waals surface area contributed by atoms with Crippen molar-refractivity contribution in [2.75, 3.05) is 5.32 Å². The molecule has 6 nitrogen and oxygen atoms in total. The van der Waals surface area contributed by atoms with Crippen LogP contribution in [0.15, 0.2) is 77.7 Å². The molecule has 0 bridgehead atoms. The van der Waals surface area contributed by atoms with Crippen LogP contribution in [0.25, 0.3) is 0 Å². The number of hydrogen-bond donors (Lipinski definition) is 2. The van der Waals surface area contributed by atoms with Gasteiger partial charge in [0.15, 0.2) is 0 Å². The molecule has 1 atom stereocenters. The maximum Gasteiger partial charge on any atom is 0.251 e. The van der Waals surface area contributed by atoms with Crippen LogP contribution in [0, 0.1) is 0 Å². The molecular formula is C24H24ClN3O3S. The van der Waals surface area contributed by atoms with E-state index in [0.717, 1.165) is 11.1 Å². The molecule has 0 aromatic heterocycles. The molecule has 166 valence electrons. The van der Waals surface area contributed by atoms with E-state index < -0.39 is 16.2 Å². The number of anilines is 1. The normalized spacial score (nSPS) is 17.4. The Bertz CT molecular complexity index is 1240. The number of para-hydroxylation sites is 1. The van der Waals surface area contributed by atoms with E-state index in [0.29, 0.717) is 16.3 Å². The van der Waals surface area contributed by atoms with E-state index in [-0.39, 0.29) is 23.4 Å². The van der Waals surface area contributed by atoms with Gasteiger partial charge in [-0.05, 0) is 61.4 Å². The van der Waals surface area contributed by atoms with Crippen molar-refractivity contribution in [2.45, 2.75) is 37.5 Å². The number of halogens is 1. The van der Waals surface area contributed by atoms with Crippen molar-refractivity contribution < 1.29 is 13.2 Å². The lowest BCUT2D eigenvalue weighted by Gasteiger charge is -2.37. The van der Waals surface area contributed by atoms with Crippen LogP contribution in [0.2, 0.25) is 5.02 Å². The first-order valence-corrected chi connectivity index (χ1v) is 12.1. The van der Waals surface area contributed by atoms with Crippen molar-refractivity contribution in [3.8, 4) is 0 Å². The lowest BCUT2D eigenvalue weighted by Crippen LogP contribution is -2.42. The van der Waals surface area contributed by atoms with Crippen molar-refractivity contribution in [1.82, 2.24) is 9.62 Å². The number of sulfonamides is 1. The molecule has 0 unspecified atom stereocenters. The van der Waals surface area contributed by atoms with Crippen molar-refractivity contribution in [3.63, 3.8) is 0 Å². The molecule has 0 fully saturated rings. The van der Waals surface area contributed by atoms with Crippen LogP contribution in [0.3, 0.4) is 0 Å². The fraction of sp³-hybridized carbons (Fsp3) is 0.208. The Morgan fingerprint density at radius 3 is 2.47 bits per heavy atom. The second-order valence-electron chi connectivity index (χ2n) is 7.97. The van der Waals surface area contributed by atoms with Gasteiger partial charge in [0.2, 0.25) is 10.0 Å². The van der Waals surface area contributed by atoms with Crippen molar-refractivity contribution >= 4 is 33.2 Å². The van der Waals surface area contributed by atoms with Crippen LogP contribution in [0.1, 0.15) is 41.5 Å². The first-order chi connectivity index (χ1) is 15.3. The number of fused-ring (bicyclic) bond motifs is 1. The number of nitrogens with one attached hydrogen (secondary N) is 2. The predicted molar refractivity (Wildman–Crippen MR) is 126 cm³/mol. The van der Waals surface area contributed by atoms with Gasteiger partial charge in [-0.1, -0.05) is 48.0 Å². The van der Waals surface area contributed by atoms with Gasteiger partial charge in [0.05, 0.1) is 5.69 Å². The highest BCUT2D eigenvalue weighted by atomic mass is 35.5. The van der Waals surface area contributed by atoms with Gasteiger partial charge in [0, 0.05) is 23.2 Å². The zero-order chi connectivity index (χ0) is 22.9. The van der Waals surface area contributed by atoms with E-state index in [4.69, 9.17) is 11.6 Å². The SMILES string of the molecule is CC(C)NC(=O)c1ccc([C@H]2Nc3ccccc3S(=O)(=O)N2Cc2cccc(Cl)c2)cc1. The van der Waals surface area contributed by atoms with Gasteiger partial charge in [-0.15, -0.1) is 0 Å². The number of rotatable bonds is 5. The molecule has 1 aliphatic heterocycles. The van der Waals surface area contributed by atoms with Gasteiger partial charge in [-0.2, -0.15) is 4.31 Å². The fourth-order valence-electron chi connectivity index (χ4n) is 3.70. The average molecular weight is 470 g/mol. The van der Waals surface area contributed by atoms with Gasteiger partial charge in [0.1, 0.15) is 11.1 Å². The van der Waals surface area contributed by atoms with Crippen LogP contribution in [-0.4, -0.2) is 24.7 Å². The first-order valence-electron chi connectivity index (χ1n) is 10.3. The smallest absolute Gasteiger partial charge is 0.251 e. The van der Waals surface area contributed by atoms with Gasteiger partial charge in [-0.3, -0.25) is 4.79 Å². The molecule has 1 amide bonds. The third-order valence-electron chi connectivity index (χ3n) is 5.19. The van der Waals surface area contributed by atoms with Crippen LogP contribution < -0.4 is 10.6 Å². The third kappa shape index (κ3) is 4.50. The second kappa shape index (κ2) is 8.94. The van der Waals surface area contributed by atoms with Crippen molar-refractivity contribution in [1.29, 1.82) is 0 Å². The molecule has 0 saturated carbocycles. The molecule has 3 aromatic rings. The quantitative estimate of drug-likeness (QED) is 0.563.